The minimum absolute atomic E-state index is 0.100. The number of hydrogen-bond acceptors (Lipinski definition) is 5. The van der Waals surface area contributed by atoms with Crippen molar-refractivity contribution in [3.63, 3.8) is 0 Å². The van der Waals surface area contributed by atoms with Crippen LogP contribution < -0.4 is 4.74 Å². The van der Waals surface area contributed by atoms with E-state index in [2.05, 4.69) is 27.2 Å². The van der Waals surface area contributed by atoms with E-state index in [0.29, 0.717) is 19.1 Å². The topological polar surface area (TPSA) is 78.1 Å². The fourth-order valence-electron chi connectivity index (χ4n) is 2.51. The molecule has 0 saturated carbocycles. The van der Waals surface area contributed by atoms with Crippen molar-refractivity contribution in [2.45, 2.75) is 13.1 Å². The Balaban J connectivity index is 1.71. The highest BCUT2D eigenvalue weighted by Crippen LogP contribution is 2.10. The summed E-state index contributed by atoms with van der Waals surface area (Å²) in [5.41, 5.74) is 1.17. The van der Waals surface area contributed by atoms with Gasteiger partial charge in [0.05, 0.1) is 13.7 Å². The summed E-state index contributed by atoms with van der Waals surface area (Å²) in [6, 6.07) is 10.4. The van der Waals surface area contributed by atoms with Gasteiger partial charge in [0.15, 0.2) is 0 Å². The Labute approximate surface area is 145 Å². The zero-order valence-electron chi connectivity index (χ0n) is 14.5. The predicted molar refractivity (Wildman–Crippen MR) is 91.1 cm³/mol. The standard InChI is InChI=1S/C17H20N6O2/c1-21(16(24)15-19-17(25-3)22(2)20-15)12-14-18-9-10-23(14)11-13-7-5-4-6-8-13/h4-10H,11-12H2,1-3H3. The number of methoxy groups -OCH3 is 1. The van der Waals surface area contributed by atoms with E-state index in [-0.39, 0.29) is 11.7 Å². The summed E-state index contributed by atoms with van der Waals surface area (Å²) < 4.78 is 8.50. The molecule has 0 saturated heterocycles. The number of aryl methyl sites for hydroxylation is 1. The van der Waals surface area contributed by atoms with E-state index in [1.165, 1.54) is 17.4 Å². The molecule has 0 aliphatic carbocycles. The highest BCUT2D eigenvalue weighted by Gasteiger charge is 2.20. The molecule has 0 aliphatic heterocycles. The maximum atomic E-state index is 12.5. The molecule has 0 fully saturated rings. The highest BCUT2D eigenvalue weighted by atomic mass is 16.5. The van der Waals surface area contributed by atoms with Gasteiger partial charge in [-0.15, -0.1) is 5.10 Å². The average Bonchev–Trinajstić information content (AvgIpc) is 3.21. The van der Waals surface area contributed by atoms with Gasteiger partial charge in [-0.2, -0.15) is 4.98 Å². The lowest BCUT2D eigenvalue weighted by molar-refractivity contribution is 0.0767. The number of nitrogens with zero attached hydrogens (tertiary/aromatic N) is 6. The third kappa shape index (κ3) is 3.68. The Bertz CT molecular complexity index is 855. The molecule has 1 amide bonds. The fraction of sp³-hybridized carbons (Fsp3) is 0.294. The Morgan fingerprint density at radius 1 is 1.28 bits per heavy atom. The van der Waals surface area contributed by atoms with Crippen molar-refractivity contribution >= 4 is 5.91 Å². The molecule has 2 heterocycles. The smallest absolute Gasteiger partial charge is 0.314 e. The first-order valence-corrected chi connectivity index (χ1v) is 7.83. The molecule has 0 radical (unpaired) electrons. The number of aromatic nitrogens is 5. The second-order valence-corrected chi connectivity index (χ2v) is 5.66. The predicted octanol–water partition coefficient (Wildman–Crippen LogP) is 1.34. The van der Waals surface area contributed by atoms with Crippen LogP contribution in [0.3, 0.4) is 0 Å². The van der Waals surface area contributed by atoms with Gasteiger partial charge in [-0.25, -0.2) is 9.67 Å². The maximum Gasteiger partial charge on any atom is 0.314 e. The molecular formula is C17H20N6O2. The molecule has 3 aromatic rings. The second kappa shape index (κ2) is 7.16. The lowest BCUT2D eigenvalue weighted by Crippen LogP contribution is -2.28. The van der Waals surface area contributed by atoms with Gasteiger partial charge in [-0.3, -0.25) is 4.79 Å². The van der Waals surface area contributed by atoms with Crippen LogP contribution in [0.1, 0.15) is 22.0 Å². The molecule has 0 aliphatic rings. The van der Waals surface area contributed by atoms with Crippen molar-refractivity contribution in [3.8, 4) is 6.01 Å². The first kappa shape index (κ1) is 16.7. The van der Waals surface area contributed by atoms with Gasteiger partial charge in [0, 0.05) is 33.0 Å². The average molecular weight is 340 g/mol. The first-order valence-electron chi connectivity index (χ1n) is 7.83. The number of hydrogen-bond donors (Lipinski definition) is 0. The number of amides is 1. The number of carbonyl (C=O) groups excluding carboxylic acids is 1. The number of carbonyl (C=O) groups is 1. The lowest BCUT2D eigenvalue weighted by Gasteiger charge is -2.16. The third-order valence-electron chi connectivity index (χ3n) is 3.82. The van der Waals surface area contributed by atoms with Gasteiger partial charge in [0.25, 0.3) is 5.91 Å². The van der Waals surface area contributed by atoms with Crippen LogP contribution in [0.5, 0.6) is 6.01 Å². The van der Waals surface area contributed by atoms with Crippen molar-refractivity contribution in [3.05, 3.63) is 59.9 Å². The Morgan fingerprint density at radius 3 is 2.72 bits per heavy atom. The Hall–Kier alpha value is -3.16. The van der Waals surface area contributed by atoms with E-state index in [4.69, 9.17) is 4.74 Å². The van der Waals surface area contributed by atoms with Crippen LogP contribution in [0.2, 0.25) is 0 Å². The van der Waals surface area contributed by atoms with E-state index >= 15 is 0 Å². The highest BCUT2D eigenvalue weighted by molar-refractivity contribution is 5.90. The summed E-state index contributed by atoms with van der Waals surface area (Å²) in [6.45, 7) is 1.06. The molecule has 2 aromatic heterocycles. The van der Waals surface area contributed by atoms with Gasteiger partial charge in [-0.1, -0.05) is 30.3 Å². The van der Waals surface area contributed by atoms with Crippen LogP contribution in [-0.2, 0) is 20.1 Å². The molecule has 3 rings (SSSR count). The normalized spacial score (nSPS) is 10.7. The Morgan fingerprint density at radius 2 is 2.04 bits per heavy atom. The maximum absolute atomic E-state index is 12.5. The Kier molecular flexibility index (Phi) is 4.78. The molecule has 0 atom stereocenters. The number of rotatable bonds is 6. The molecule has 0 N–H and O–H groups in total. The molecule has 0 bridgehead atoms. The molecular weight excluding hydrogens is 320 g/mol. The van der Waals surface area contributed by atoms with Crippen molar-refractivity contribution in [2.75, 3.05) is 14.2 Å². The van der Waals surface area contributed by atoms with Gasteiger partial charge in [0.2, 0.25) is 5.82 Å². The molecule has 0 unspecified atom stereocenters. The zero-order valence-corrected chi connectivity index (χ0v) is 14.5. The number of ether oxygens (including phenoxy) is 1. The SMILES string of the molecule is COc1nc(C(=O)N(C)Cc2nccn2Cc2ccccc2)nn1C. The van der Waals surface area contributed by atoms with Gasteiger partial charge in [0.1, 0.15) is 5.82 Å². The van der Waals surface area contributed by atoms with Crippen LogP contribution in [0, 0.1) is 0 Å². The van der Waals surface area contributed by atoms with Crippen LogP contribution in [0.15, 0.2) is 42.7 Å². The van der Waals surface area contributed by atoms with Crippen LogP contribution in [0.25, 0.3) is 0 Å². The van der Waals surface area contributed by atoms with E-state index in [1.807, 2.05) is 29.0 Å². The minimum Gasteiger partial charge on any atom is -0.467 e. The molecule has 25 heavy (non-hydrogen) atoms. The van der Waals surface area contributed by atoms with Crippen LogP contribution in [0.4, 0.5) is 0 Å². The van der Waals surface area contributed by atoms with Crippen molar-refractivity contribution in [1.82, 2.24) is 29.2 Å². The van der Waals surface area contributed by atoms with Gasteiger partial charge >= 0.3 is 6.01 Å². The van der Waals surface area contributed by atoms with Gasteiger partial charge < -0.3 is 14.2 Å². The van der Waals surface area contributed by atoms with Crippen molar-refractivity contribution in [2.24, 2.45) is 7.05 Å². The summed E-state index contributed by atoms with van der Waals surface area (Å²) in [5.74, 6) is 0.610. The fourth-order valence-corrected chi connectivity index (χ4v) is 2.51. The number of imidazole rings is 1. The van der Waals surface area contributed by atoms with Crippen LogP contribution >= 0.6 is 0 Å². The van der Waals surface area contributed by atoms with E-state index in [0.717, 1.165) is 5.82 Å². The summed E-state index contributed by atoms with van der Waals surface area (Å²) in [7, 11) is 4.87. The van der Waals surface area contributed by atoms with Crippen LogP contribution in [-0.4, -0.2) is 49.3 Å². The largest absolute Gasteiger partial charge is 0.467 e. The monoisotopic (exact) mass is 340 g/mol. The number of benzene rings is 1. The van der Waals surface area contributed by atoms with E-state index in [1.54, 1.807) is 25.2 Å². The quantitative estimate of drug-likeness (QED) is 0.677. The molecule has 8 heteroatoms. The first-order chi connectivity index (χ1) is 12.1. The second-order valence-electron chi connectivity index (χ2n) is 5.66. The van der Waals surface area contributed by atoms with Crippen molar-refractivity contribution < 1.29 is 9.53 Å². The molecule has 130 valence electrons. The van der Waals surface area contributed by atoms with E-state index < -0.39 is 0 Å². The van der Waals surface area contributed by atoms with Gasteiger partial charge in [-0.05, 0) is 5.56 Å². The molecule has 0 spiro atoms. The van der Waals surface area contributed by atoms with E-state index in [9.17, 15) is 4.79 Å². The molecule has 8 nitrogen and oxygen atoms in total. The lowest BCUT2D eigenvalue weighted by atomic mass is 10.2. The summed E-state index contributed by atoms with van der Waals surface area (Å²) >= 11 is 0. The summed E-state index contributed by atoms with van der Waals surface area (Å²) in [4.78, 5) is 22.5. The summed E-state index contributed by atoms with van der Waals surface area (Å²) in [5, 5.41) is 4.08. The summed E-state index contributed by atoms with van der Waals surface area (Å²) in [6.07, 6.45) is 3.64. The minimum atomic E-state index is -0.284. The van der Waals surface area contributed by atoms with Crippen molar-refractivity contribution in [1.29, 1.82) is 0 Å². The third-order valence-corrected chi connectivity index (χ3v) is 3.82. The molecule has 1 aromatic carbocycles. The zero-order chi connectivity index (χ0) is 17.8.